The number of nitrogens with zero attached hydrogens (tertiary/aromatic N) is 1. The van der Waals surface area contributed by atoms with Crippen LogP contribution in [0, 0.1) is 6.92 Å². The molecule has 20 heavy (non-hydrogen) atoms. The summed E-state index contributed by atoms with van der Waals surface area (Å²) in [5.41, 5.74) is 1.80. The normalized spacial score (nSPS) is 26.3. The molecule has 3 rings (SSSR count). The predicted molar refractivity (Wildman–Crippen MR) is 84.0 cm³/mol. The highest BCUT2D eigenvalue weighted by Crippen LogP contribution is 2.27. The van der Waals surface area contributed by atoms with Gasteiger partial charge >= 0.3 is 0 Å². The summed E-state index contributed by atoms with van der Waals surface area (Å²) in [6.07, 6.45) is 4.80. The molecule has 0 aromatic heterocycles. The number of amides is 1. The van der Waals surface area contributed by atoms with Crippen molar-refractivity contribution in [2.24, 2.45) is 0 Å². The first-order valence-corrected chi connectivity index (χ1v) is 8.24. The van der Waals surface area contributed by atoms with Gasteiger partial charge in [0.1, 0.15) is 0 Å². The number of hydrogen-bond acceptors (Lipinski definition) is 2. The Morgan fingerprint density at radius 1 is 1.35 bits per heavy atom. The Morgan fingerprint density at radius 2 is 2.20 bits per heavy atom. The molecule has 1 N–H and O–H groups in total. The van der Waals surface area contributed by atoms with E-state index in [9.17, 15) is 4.79 Å². The Labute approximate surface area is 128 Å². The number of benzene rings is 1. The summed E-state index contributed by atoms with van der Waals surface area (Å²) in [6, 6.07) is 6.83. The summed E-state index contributed by atoms with van der Waals surface area (Å²) in [4.78, 5) is 15.0. The van der Waals surface area contributed by atoms with Crippen LogP contribution < -0.4 is 5.32 Å². The Kier molecular flexibility index (Phi) is 4.13. The second-order valence-corrected chi connectivity index (χ2v) is 6.79. The SMILES string of the molecule is Cc1c(Br)cccc1C(=O)NC1CCN2CCCC2C1. The van der Waals surface area contributed by atoms with Gasteiger partial charge in [-0.25, -0.2) is 0 Å². The minimum Gasteiger partial charge on any atom is -0.349 e. The number of carbonyl (C=O) groups is 1. The Hall–Kier alpha value is -0.870. The van der Waals surface area contributed by atoms with Crippen LogP contribution in [0.3, 0.4) is 0 Å². The highest BCUT2D eigenvalue weighted by atomic mass is 79.9. The fourth-order valence-corrected chi connectivity index (χ4v) is 3.84. The van der Waals surface area contributed by atoms with Crippen molar-refractivity contribution in [1.29, 1.82) is 0 Å². The number of piperidine rings is 1. The summed E-state index contributed by atoms with van der Waals surface area (Å²) < 4.78 is 0.996. The van der Waals surface area contributed by atoms with Crippen LogP contribution in [0.4, 0.5) is 0 Å². The largest absolute Gasteiger partial charge is 0.349 e. The van der Waals surface area contributed by atoms with E-state index >= 15 is 0 Å². The first kappa shape index (κ1) is 14.1. The van der Waals surface area contributed by atoms with E-state index in [0.717, 1.165) is 35.0 Å². The molecule has 1 aromatic carbocycles. The van der Waals surface area contributed by atoms with Crippen molar-refractivity contribution in [3.8, 4) is 0 Å². The maximum atomic E-state index is 12.4. The zero-order chi connectivity index (χ0) is 14.1. The van der Waals surface area contributed by atoms with Gasteiger partial charge < -0.3 is 10.2 Å². The molecule has 0 aliphatic carbocycles. The maximum Gasteiger partial charge on any atom is 0.251 e. The summed E-state index contributed by atoms with van der Waals surface area (Å²) in [5, 5.41) is 3.23. The second kappa shape index (κ2) is 5.86. The number of fused-ring (bicyclic) bond motifs is 1. The molecule has 1 amide bonds. The van der Waals surface area contributed by atoms with Gasteiger partial charge in [-0.15, -0.1) is 0 Å². The van der Waals surface area contributed by atoms with Crippen LogP contribution in [-0.4, -0.2) is 36.0 Å². The van der Waals surface area contributed by atoms with Crippen LogP contribution in [0.5, 0.6) is 0 Å². The van der Waals surface area contributed by atoms with Crippen molar-refractivity contribution in [1.82, 2.24) is 10.2 Å². The zero-order valence-electron chi connectivity index (χ0n) is 11.9. The summed E-state index contributed by atoms with van der Waals surface area (Å²) in [6.45, 7) is 4.36. The van der Waals surface area contributed by atoms with Gasteiger partial charge in [-0.2, -0.15) is 0 Å². The van der Waals surface area contributed by atoms with Crippen molar-refractivity contribution in [2.45, 2.75) is 44.7 Å². The Balaban J connectivity index is 1.65. The smallest absolute Gasteiger partial charge is 0.251 e. The number of hydrogen-bond donors (Lipinski definition) is 1. The zero-order valence-corrected chi connectivity index (χ0v) is 13.4. The van der Waals surface area contributed by atoms with E-state index in [1.54, 1.807) is 0 Å². The van der Waals surface area contributed by atoms with Gasteiger partial charge in [-0.1, -0.05) is 22.0 Å². The quantitative estimate of drug-likeness (QED) is 0.899. The lowest BCUT2D eigenvalue weighted by atomic mass is 9.97. The lowest BCUT2D eigenvalue weighted by Crippen LogP contribution is -2.47. The van der Waals surface area contributed by atoms with Crippen molar-refractivity contribution >= 4 is 21.8 Å². The molecule has 108 valence electrons. The summed E-state index contributed by atoms with van der Waals surface area (Å²) in [7, 11) is 0. The van der Waals surface area contributed by atoms with Gasteiger partial charge in [0.25, 0.3) is 5.91 Å². The van der Waals surface area contributed by atoms with E-state index < -0.39 is 0 Å². The van der Waals surface area contributed by atoms with E-state index in [0.29, 0.717) is 12.1 Å². The lowest BCUT2D eigenvalue weighted by molar-refractivity contribution is 0.0895. The Bertz CT molecular complexity index is 517. The van der Waals surface area contributed by atoms with Crippen molar-refractivity contribution in [2.75, 3.05) is 13.1 Å². The molecular formula is C16H21BrN2O. The van der Waals surface area contributed by atoms with Crippen molar-refractivity contribution in [3.05, 3.63) is 33.8 Å². The predicted octanol–water partition coefficient (Wildman–Crippen LogP) is 3.11. The van der Waals surface area contributed by atoms with E-state index in [1.165, 1.54) is 19.4 Å². The minimum absolute atomic E-state index is 0.0697. The van der Waals surface area contributed by atoms with Crippen molar-refractivity contribution < 1.29 is 4.79 Å². The minimum atomic E-state index is 0.0697. The van der Waals surface area contributed by atoms with Crippen LogP contribution in [0.1, 0.15) is 41.6 Å². The topological polar surface area (TPSA) is 32.3 Å². The number of carbonyl (C=O) groups excluding carboxylic acids is 1. The molecule has 2 unspecified atom stereocenters. The summed E-state index contributed by atoms with van der Waals surface area (Å²) in [5.74, 6) is 0.0697. The molecular weight excluding hydrogens is 316 g/mol. The van der Waals surface area contributed by atoms with Gasteiger partial charge in [-0.3, -0.25) is 4.79 Å². The molecule has 2 saturated heterocycles. The lowest BCUT2D eigenvalue weighted by Gasteiger charge is -2.35. The molecule has 2 fully saturated rings. The average molecular weight is 337 g/mol. The standard InChI is InChI=1S/C16H21BrN2O/c1-11-14(5-2-6-15(11)17)16(20)18-12-7-9-19-8-3-4-13(19)10-12/h2,5-6,12-13H,3-4,7-10H2,1H3,(H,18,20). The monoisotopic (exact) mass is 336 g/mol. The number of nitrogens with one attached hydrogen (secondary N) is 1. The van der Waals surface area contributed by atoms with Crippen LogP contribution in [-0.2, 0) is 0 Å². The molecule has 2 aliphatic heterocycles. The summed E-state index contributed by atoms with van der Waals surface area (Å²) >= 11 is 3.49. The average Bonchev–Trinajstić information content (AvgIpc) is 2.89. The fourth-order valence-electron chi connectivity index (χ4n) is 3.47. The highest BCUT2D eigenvalue weighted by molar-refractivity contribution is 9.10. The molecule has 3 nitrogen and oxygen atoms in total. The first-order valence-electron chi connectivity index (χ1n) is 7.45. The van der Waals surface area contributed by atoms with Crippen LogP contribution >= 0.6 is 15.9 Å². The number of halogens is 1. The molecule has 2 aliphatic rings. The third-order valence-corrected chi connectivity index (χ3v) is 5.53. The van der Waals surface area contributed by atoms with E-state index in [-0.39, 0.29) is 5.91 Å². The molecule has 2 heterocycles. The fraction of sp³-hybridized carbons (Fsp3) is 0.562. The third-order valence-electron chi connectivity index (χ3n) is 4.67. The molecule has 4 heteroatoms. The molecule has 0 spiro atoms. The van der Waals surface area contributed by atoms with Gasteiger partial charge in [0.2, 0.25) is 0 Å². The molecule has 0 bridgehead atoms. The molecule has 0 radical (unpaired) electrons. The van der Waals surface area contributed by atoms with E-state index in [2.05, 4.69) is 26.1 Å². The third kappa shape index (κ3) is 2.77. The first-order chi connectivity index (χ1) is 9.65. The van der Waals surface area contributed by atoms with Gasteiger partial charge in [0.15, 0.2) is 0 Å². The van der Waals surface area contributed by atoms with Crippen molar-refractivity contribution in [3.63, 3.8) is 0 Å². The highest BCUT2D eigenvalue weighted by Gasteiger charge is 2.32. The van der Waals surface area contributed by atoms with E-state index in [4.69, 9.17) is 0 Å². The number of rotatable bonds is 2. The molecule has 2 atom stereocenters. The van der Waals surface area contributed by atoms with Gasteiger partial charge in [0, 0.05) is 28.7 Å². The van der Waals surface area contributed by atoms with Crippen LogP contribution in [0.2, 0.25) is 0 Å². The van der Waals surface area contributed by atoms with Crippen LogP contribution in [0.25, 0.3) is 0 Å². The molecule has 0 saturated carbocycles. The van der Waals surface area contributed by atoms with E-state index in [1.807, 2.05) is 25.1 Å². The van der Waals surface area contributed by atoms with Crippen LogP contribution in [0.15, 0.2) is 22.7 Å². The molecule has 1 aromatic rings. The Morgan fingerprint density at radius 3 is 3.05 bits per heavy atom. The van der Waals surface area contributed by atoms with Gasteiger partial charge in [-0.05, 0) is 56.8 Å². The maximum absolute atomic E-state index is 12.4. The second-order valence-electron chi connectivity index (χ2n) is 5.94. The van der Waals surface area contributed by atoms with Gasteiger partial charge in [0.05, 0.1) is 0 Å².